The fourth-order valence-corrected chi connectivity index (χ4v) is 4.82. The van der Waals surface area contributed by atoms with Crippen molar-refractivity contribution in [1.29, 1.82) is 0 Å². The Labute approximate surface area is 177 Å². The monoisotopic (exact) mass is 426 g/mol. The quantitative estimate of drug-likeness (QED) is 0.693. The summed E-state index contributed by atoms with van der Waals surface area (Å²) in [6, 6.07) is 6.10. The van der Waals surface area contributed by atoms with Crippen LogP contribution in [0.2, 0.25) is 0 Å². The van der Waals surface area contributed by atoms with Crippen LogP contribution in [0.1, 0.15) is 62.0 Å². The number of nitrogens with one attached hydrogen (secondary N) is 1. The number of rotatable bonds is 7. The summed E-state index contributed by atoms with van der Waals surface area (Å²) in [6.45, 7) is 3.07. The molecule has 0 unspecified atom stereocenters. The van der Waals surface area contributed by atoms with Crippen molar-refractivity contribution in [2.24, 2.45) is 5.92 Å². The molecule has 0 radical (unpaired) electrons. The molecule has 2 fully saturated rings. The van der Waals surface area contributed by atoms with E-state index in [-0.39, 0.29) is 24.5 Å². The molecule has 1 aliphatic carbocycles. The molecule has 1 aromatic carbocycles. The lowest BCUT2D eigenvalue weighted by Crippen LogP contribution is -2.40. The largest absolute Gasteiger partial charge is 0.416 e. The van der Waals surface area contributed by atoms with Crippen molar-refractivity contribution in [2.75, 3.05) is 33.4 Å². The topological polar surface area (TPSA) is 41.6 Å². The minimum absolute atomic E-state index is 0.0374. The highest BCUT2D eigenvalue weighted by Crippen LogP contribution is 2.34. The summed E-state index contributed by atoms with van der Waals surface area (Å²) >= 11 is 0. The number of carbonyl (C=O) groups is 1. The Morgan fingerprint density at radius 2 is 1.83 bits per heavy atom. The van der Waals surface area contributed by atoms with Crippen LogP contribution in [-0.4, -0.2) is 50.2 Å². The standard InChI is InChI=1S/C23H33F3N2O2/c1-30-16-22(29)27-21-7-5-17(6-8-21)9-12-28-13-10-18(11-14-28)19-3-2-4-20(15-19)23(24,25)26/h2-4,15,17-18,21H,5-14,16H2,1H3,(H,27,29)/t17-,21-. The highest BCUT2D eigenvalue weighted by atomic mass is 19.4. The van der Waals surface area contributed by atoms with Gasteiger partial charge in [-0.1, -0.05) is 18.2 Å². The third kappa shape index (κ3) is 6.71. The summed E-state index contributed by atoms with van der Waals surface area (Å²) in [5, 5.41) is 3.03. The first-order valence-electron chi connectivity index (χ1n) is 11.0. The summed E-state index contributed by atoms with van der Waals surface area (Å²) in [5.74, 6) is 0.876. The molecule has 0 aromatic heterocycles. The summed E-state index contributed by atoms with van der Waals surface area (Å²) in [6.07, 6.45) is 3.04. The molecule has 2 aliphatic rings. The number of halogens is 3. The van der Waals surface area contributed by atoms with E-state index in [2.05, 4.69) is 10.2 Å². The van der Waals surface area contributed by atoms with E-state index in [1.54, 1.807) is 0 Å². The number of alkyl halides is 3. The van der Waals surface area contributed by atoms with Crippen LogP contribution in [0.15, 0.2) is 24.3 Å². The van der Waals surface area contributed by atoms with Crippen molar-refractivity contribution in [3.05, 3.63) is 35.4 Å². The molecule has 1 aromatic rings. The molecule has 0 bridgehead atoms. The van der Waals surface area contributed by atoms with Crippen LogP contribution in [0.5, 0.6) is 0 Å². The number of ether oxygens (including phenoxy) is 1. The minimum Gasteiger partial charge on any atom is -0.375 e. The van der Waals surface area contributed by atoms with Gasteiger partial charge in [-0.2, -0.15) is 13.2 Å². The second-order valence-electron chi connectivity index (χ2n) is 8.75. The van der Waals surface area contributed by atoms with Gasteiger partial charge in [-0.15, -0.1) is 0 Å². The van der Waals surface area contributed by atoms with Crippen LogP contribution < -0.4 is 5.32 Å². The highest BCUT2D eigenvalue weighted by Gasteiger charge is 2.31. The number of carbonyl (C=O) groups excluding carboxylic acids is 1. The van der Waals surface area contributed by atoms with Crippen LogP contribution in [0.3, 0.4) is 0 Å². The number of nitrogens with zero attached hydrogens (tertiary/aromatic N) is 1. The molecule has 4 nitrogen and oxygen atoms in total. The van der Waals surface area contributed by atoms with Gasteiger partial charge in [-0.3, -0.25) is 4.79 Å². The molecule has 0 atom stereocenters. The molecule has 30 heavy (non-hydrogen) atoms. The van der Waals surface area contributed by atoms with Crippen LogP contribution >= 0.6 is 0 Å². The Morgan fingerprint density at radius 1 is 1.13 bits per heavy atom. The Kier molecular flexibility index (Phi) is 8.17. The third-order valence-electron chi connectivity index (χ3n) is 6.61. The first-order valence-corrected chi connectivity index (χ1v) is 11.0. The van der Waals surface area contributed by atoms with Gasteiger partial charge in [-0.25, -0.2) is 0 Å². The van der Waals surface area contributed by atoms with Crippen molar-refractivity contribution in [1.82, 2.24) is 10.2 Å². The lowest BCUT2D eigenvalue weighted by atomic mass is 9.83. The number of piperidine rings is 1. The number of amides is 1. The predicted octanol–water partition coefficient (Wildman–Crippen LogP) is 4.60. The fourth-order valence-electron chi connectivity index (χ4n) is 4.82. The van der Waals surface area contributed by atoms with Gasteiger partial charge in [0, 0.05) is 13.2 Å². The van der Waals surface area contributed by atoms with E-state index in [4.69, 9.17) is 4.74 Å². The third-order valence-corrected chi connectivity index (χ3v) is 6.61. The second-order valence-corrected chi connectivity index (χ2v) is 8.75. The van der Waals surface area contributed by atoms with E-state index >= 15 is 0 Å². The van der Waals surface area contributed by atoms with Gasteiger partial charge in [0.05, 0.1) is 5.56 Å². The molecule has 1 heterocycles. The lowest BCUT2D eigenvalue weighted by Gasteiger charge is -2.34. The maximum absolute atomic E-state index is 13.0. The number of hydrogen-bond donors (Lipinski definition) is 1. The molecular weight excluding hydrogens is 393 g/mol. The molecule has 1 saturated carbocycles. The van der Waals surface area contributed by atoms with Crippen LogP contribution in [-0.2, 0) is 15.7 Å². The zero-order valence-corrected chi connectivity index (χ0v) is 17.7. The summed E-state index contributed by atoms with van der Waals surface area (Å²) in [7, 11) is 1.53. The maximum Gasteiger partial charge on any atom is 0.416 e. The van der Waals surface area contributed by atoms with Gasteiger partial charge in [0.2, 0.25) is 5.91 Å². The second kappa shape index (κ2) is 10.6. The number of hydrogen-bond acceptors (Lipinski definition) is 3. The number of benzene rings is 1. The average Bonchev–Trinajstić information content (AvgIpc) is 2.73. The van der Waals surface area contributed by atoms with Crippen molar-refractivity contribution in [3.8, 4) is 0 Å². The van der Waals surface area contributed by atoms with Gasteiger partial charge in [0.25, 0.3) is 0 Å². The zero-order chi connectivity index (χ0) is 21.6. The van der Waals surface area contributed by atoms with Gasteiger partial charge in [0.15, 0.2) is 0 Å². The van der Waals surface area contributed by atoms with E-state index in [1.165, 1.54) is 19.2 Å². The van der Waals surface area contributed by atoms with Crippen molar-refractivity contribution in [2.45, 2.75) is 63.1 Å². The van der Waals surface area contributed by atoms with Crippen molar-refractivity contribution >= 4 is 5.91 Å². The fraction of sp³-hybridized carbons (Fsp3) is 0.696. The summed E-state index contributed by atoms with van der Waals surface area (Å²) < 4.78 is 43.7. The smallest absolute Gasteiger partial charge is 0.375 e. The van der Waals surface area contributed by atoms with Crippen LogP contribution in [0.4, 0.5) is 13.2 Å². The molecule has 1 amide bonds. The molecule has 168 valence electrons. The van der Waals surface area contributed by atoms with E-state index in [1.807, 2.05) is 6.07 Å². The average molecular weight is 427 g/mol. The highest BCUT2D eigenvalue weighted by molar-refractivity contribution is 5.77. The maximum atomic E-state index is 13.0. The minimum atomic E-state index is -4.28. The summed E-state index contributed by atoms with van der Waals surface area (Å²) in [4.78, 5) is 14.1. The summed E-state index contributed by atoms with van der Waals surface area (Å²) in [5.41, 5.74) is 0.273. The molecule has 1 aliphatic heterocycles. The number of likely N-dealkylation sites (tertiary alicyclic amines) is 1. The van der Waals surface area contributed by atoms with E-state index < -0.39 is 11.7 Å². The van der Waals surface area contributed by atoms with Crippen LogP contribution in [0.25, 0.3) is 0 Å². The van der Waals surface area contributed by atoms with E-state index in [0.29, 0.717) is 5.92 Å². The molecule has 3 rings (SSSR count). The number of methoxy groups -OCH3 is 1. The Balaban J connectivity index is 1.36. The Morgan fingerprint density at radius 3 is 2.47 bits per heavy atom. The zero-order valence-electron chi connectivity index (χ0n) is 17.7. The van der Waals surface area contributed by atoms with Crippen molar-refractivity contribution < 1.29 is 22.7 Å². The lowest BCUT2D eigenvalue weighted by molar-refractivity contribution is -0.137. The molecule has 7 heteroatoms. The molecule has 0 spiro atoms. The SMILES string of the molecule is COCC(=O)N[C@H]1CC[C@H](CCN2CCC(c3cccc(C(F)(F)F)c3)CC2)CC1. The van der Waals surface area contributed by atoms with Gasteiger partial charge < -0.3 is 15.0 Å². The first-order chi connectivity index (χ1) is 14.3. The van der Waals surface area contributed by atoms with Gasteiger partial charge >= 0.3 is 6.18 Å². The van der Waals surface area contributed by atoms with Crippen LogP contribution in [0, 0.1) is 5.92 Å². The molecule has 1 N–H and O–H groups in total. The molecule has 1 saturated heterocycles. The van der Waals surface area contributed by atoms with Crippen molar-refractivity contribution in [3.63, 3.8) is 0 Å². The van der Waals surface area contributed by atoms with Gasteiger partial charge in [-0.05, 0) is 88.0 Å². The Hall–Kier alpha value is -1.60. The van der Waals surface area contributed by atoms with Gasteiger partial charge in [0.1, 0.15) is 6.61 Å². The Bertz CT molecular complexity index is 679. The normalized spacial score (nSPS) is 24.0. The molecular formula is C23H33F3N2O2. The van der Waals surface area contributed by atoms with E-state index in [0.717, 1.165) is 76.2 Å². The predicted molar refractivity (Wildman–Crippen MR) is 110 cm³/mol. The van der Waals surface area contributed by atoms with E-state index in [9.17, 15) is 18.0 Å². The first kappa shape index (κ1) is 23.1.